The molecule has 1 aliphatic heterocycles. The molecule has 148 valence electrons. The highest BCUT2D eigenvalue weighted by Crippen LogP contribution is 2.22. The minimum Gasteiger partial charge on any atom is -0.390 e. The number of hydrogen-bond acceptors (Lipinski definition) is 4. The van der Waals surface area contributed by atoms with Crippen molar-refractivity contribution in [3.05, 3.63) is 92.9 Å². The molecule has 0 spiro atoms. The van der Waals surface area contributed by atoms with Crippen LogP contribution in [0.5, 0.6) is 0 Å². The van der Waals surface area contributed by atoms with E-state index in [1.54, 1.807) is 23.1 Å². The molecule has 0 bridgehead atoms. The Morgan fingerprint density at radius 3 is 2.76 bits per heavy atom. The minimum atomic E-state index is -0.293. The summed E-state index contributed by atoms with van der Waals surface area (Å²) in [5, 5.41) is 6.66. The molecule has 0 unspecified atom stereocenters. The Bertz CT molecular complexity index is 1020. The van der Waals surface area contributed by atoms with Gasteiger partial charge in [-0.1, -0.05) is 47.1 Å². The zero-order chi connectivity index (χ0) is 20.2. The maximum Gasteiger partial charge on any atom is 0.264 e. The predicted octanol–water partition coefficient (Wildman–Crippen LogP) is 5.38. The molecule has 0 radical (unpaired) electrons. The van der Waals surface area contributed by atoms with Crippen molar-refractivity contribution in [2.75, 3.05) is 6.54 Å². The van der Waals surface area contributed by atoms with Crippen LogP contribution in [0.25, 0.3) is 0 Å². The molecule has 29 heavy (non-hydrogen) atoms. The van der Waals surface area contributed by atoms with Crippen LogP contribution in [-0.2, 0) is 11.4 Å². The monoisotopic (exact) mass is 428 g/mol. The molecule has 1 atom stereocenters. The molecule has 2 heterocycles. The molecule has 4 rings (SSSR count). The van der Waals surface area contributed by atoms with Crippen LogP contribution >= 0.6 is 22.9 Å². The fourth-order valence-corrected chi connectivity index (χ4v) is 4.12. The Hall–Kier alpha value is -2.70. The van der Waals surface area contributed by atoms with Crippen LogP contribution in [0, 0.1) is 5.82 Å². The molecule has 1 aromatic heterocycles. The van der Waals surface area contributed by atoms with Crippen molar-refractivity contribution in [2.24, 2.45) is 5.16 Å². The molecule has 0 saturated heterocycles. The van der Waals surface area contributed by atoms with Crippen molar-refractivity contribution >= 4 is 34.6 Å². The molecule has 1 amide bonds. The van der Waals surface area contributed by atoms with Gasteiger partial charge in [0.05, 0.1) is 17.1 Å². The standard InChI is InChI=1S/C22H18ClFN2O2S/c23-17-4-1-3-15(11-17)13-26(22(27)21-5-2-10-29-21)14-19-12-20(25-28-19)16-6-8-18(24)9-7-16/h1-11,19H,12-14H2/t19-/m0/s1. The molecule has 0 aliphatic carbocycles. The summed E-state index contributed by atoms with van der Waals surface area (Å²) >= 11 is 7.51. The van der Waals surface area contributed by atoms with Crippen molar-refractivity contribution < 1.29 is 14.0 Å². The number of benzene rings is 2. The first-order valence-electron chi connectivity index (χ1n) is 9.14. The summed E-state index contributed by atoms with van der Waals surface area (Å²) in [6.45, 7) is 0.806. The summed E-state index contributed by atoms with van der Waals surface area (Å²) in [4.78, 5) is 21.1. The van der Waals surface area contributed by atoms with Gasteiger partial charge < -0.3 is 9.74 Å². The zero-order valence-corrected chi connectivity index (χ0v) is 17.0. The molecular weight excluding hydrogens is 411 g/mol. The number of hydrogen-bond donors (Lipinski definition) is 0. The van der Waals surface area contributed by atoms with Crippen LogP contribution in [0.2, 0.25) is 5.02 Å². The third-order valence-electron chi connectivity index (χ3n) is 4.62. The van der Waals surface area contributed by atoms with Gasteiger partial charge in [0.25, 0.3) is 5.91 Å². The summed E-state index contributed by atoms with van der Waals surface area (Å²) in [6.07, 6.45) is 0.285. The Balaban J connectivity index is 1.48. The molecule has 2 aromatic carbocycles. The van der Waals surface area contributed by atoms with Crippen molar-refractivity contribution in [2.45, 2.75) is 19.1 Å². The maximum absolute atomic E-state index is 13.2. The third kappa shape index (κ3) is 4.83. The van der Waals surface area contributed by atoms with Gasteiger partial charge in [-0.3, -0.25) is 4.79 Å². The first-order chi connectivity index (χ1) is 14.1. The average molecular weight is 429 g/mol. The van der Waals surface area contributed by atoms with Crippen LogP contribution in [0.15, 0.2) is 71.2 Å². The van der Waals surface area contributed by atoms with Crippen LogP contribution in [0.4, 0.5) is 4.39 Å². The Kier molecular flexibility index (Phi) is 5.92. The summed E-state index contributed by atoms with van der Waals surface area (Å²) in [5.74, 6) is -0.349. The fourth-order valence-electron chi connectivity index (χ4n) is 3.22. The van der Waals surface area contributed by atoms with Gasteiger partial charge in [0, 0.05) is 18.0 Å². The molecule has 7 heteroatoms. The average Bonchev–Trinajstić information content (AvgIpc) is 3.40. The van der Waals surface area contributed by atoms with E-state index in [9.17, 15) is 9.18 Å². The SMILES string of the molecule is O=C(c1cccs1)N(Cc1cccc(Cl)c1)C[C@@H]1CC(c2ccc(F)cc2)=NO1. The molecule has 0 fully saturated rings. The van der Waals surface area contributed by atoms with E-state index in [1.807, 2.05) is 35.7 Å². The second kappa shape index (κ2) is 8.76. The smallest absolute Gasteiger partial charge is 0.264 e. The van der Waals surface area contributed by atoms with E-state index in [0.29, 0.717) is 29.4 Å². The minimum absolute atomic E-state index is 0.0567. The van der Waals surface area contributed by atoms with E-state index in [0.717, 1.165) is 16.8 Å². The summed E-state index contributed by atoms with van der Waals surface area (Å²) in [5.41, 5.74) is 2.52. The van der Waals surface area contributed by atoms with Crippen LogP contribution in [0.1, 0.15) is 27.2 Å². The van der Waals surface area contributed by atoms with E-state index in [4.69, 9.17) is 16.4 Å². The molecule has 4 nitrogen and oxygen atoms in total. The Labute approximate surface area is 177 Å². The van der Waals surface area contributed by atoms with Gasteiger partial charge in [-0.05, 0) is 46.8 Å². The number of amides is 1. The van der Waals surface area contributed by atoms with Crippen molar-refractivity contribution in [3.63, 3.8) is 0 Å². The van der Waals surface area contributed by atoms with Gasteiger partial charge >= 0.3 is 0 Å². The number of carbonyl (C=O) groups excluding carboxylic acids is 1. The maximum atomic E-state index is 13.2. The van der Waals surface area contributed by atoms with Crippen molar-refractivity contribution in [3.8, 4) is 0 Å². The summed E-state index contributed by atoms with van der Waals surface area (Å²) in [7, 11) is 0. The van der Waals surface area contributed by atoms with E-state index in [-0.39, 0.29) is 17.8 Å². The number of halogens is 2. The highest BCUT2D eigenvalue weighted by Gasteiger charge is 2.27. The van der Waals surface area contributed by atoms with E-state index >= 15 is 0 Å². The van der Waals surface area contributed by atoms with Crippen LogP contribution in [0.3, 0.4) is 0 Å². The molecule has 0 N–H and O–H groups in total. The zero-order valence-electron chi connectivity index (χ0n) is 15.4. The van der Waals surface area contributed by atoms with Crippen molar-refractivity contribution in [1.29, 1.82) is 0 Å². The molecule has 0 saturated carbocycles. The van der Waals surface area contributed by atoms with Gasteiger partial charge in [0.2, 0.25) is 0 Å². The lowest BCUT2D eigenvalue weighted by Crippen LogP contribution is -2.37. The normalized spacial score (nSPS) is 15.7. The Morgan fingerprint density at radius 2 is 2.03 bits per heavy atom. The van der Waals surface area contributed by atoms with Gasteiger partial charge in [0.1, 0.15) is 5.82 Å². The summed E-state index contributed by atoms with van der Waals surface area (Å²) in [6, 6.07) is 17.3. The highest BCUT2D eigenvalue weighted by molar-refractivity contribution is 7.12. The second-order valence-electron chi connectivity index (χ2n) is 6.77. The summed E-state index contributed by atoms with van der Waals surface area (Å²) < 4.78 is 13.2. The highest BCUT2D eigenvalue weighted by atomic mass is 35.5. The predicted molar refractivity (Wildman–Crippen MR) is 113 cm³/mol. The van der Waals surface area contributed by atoms with Gasteiger partial charge in [-0.25, -0.2) is 4.39 Å². The number of rotatable bonds is 6. The van der Waals surface area contributed by atoms with Gasteiger partial charge in [-0.15, -0.1) is 11.3 Å². The van der Waals surface area contributed by atoms with Crippen molar-refractivity contribution in [1.82, 2.24) is 4.90 Å². The number of carbonyl (C=O) groups is 1. The van der Waals surface area contributed by atoms with Crippen LogP contribution < -0.4 is 0 Å². The molecular formula is C22H18ClFN2O2S. The third-order valence-corrected chi connectivity index (χ3v) is 5.71. The van der Waals surface area contributed by atoms with E-state index in [1.165, 1.54) is 23.5 Å². The number of oxime groups is 1. The quantitative estimate of drug-likeness (QED) is 0.529. The topological polar surface area (TPSA) is 41.9 Å². The lowest BCUT2D eigenvalue weighted by Gasteiger charge is -2.24. The van der Waals surface area contributed by atoms with E-state index in [2.05, 4.69) is 5.16 Å². The van der Waals surface area contributed by atoms with Gasteiger partial charge in [0.15, 0.2) is 6.10 Å². The molecule has 3 aromatic rings. The fraction of sp³-hybridized carbons (Fsp3) is 0.182. The first kappa shape index (κ1) is 19.6. The number of nitrogens with zero attached hydrogens (tertiary/aromatic N) is 2. The van der Waals surface area contributed by atoms with E-state index < -0.39 is 0 Å². The first-order valence-corrected chi connectivity index (χ1v) is 10.4. The molecule has 1 aliphatic rings. The second-order valence-corrected chi connectivity index (χ2v) is 8.15. The Morgan fingerprint density at radius 1 is 1.21 bits per heavy atom. The number of thiophene rings is 1. The van der Waals surface area contributed by atoms with Crippen LogP contribution in [-0.4, -0.2) is 29.2 Å². The lowest BCUT2D eigenvalue weighted by atomic mass is 10.0. The lowest BCUT2D eigenvalue weighted by molar-refractivity contribution is 0.0408. The largest absolute Gasteiger partial charge is 0.390 e. The van der Waals surface area contributed by atoms with Gasteiger partial charge in [-0.2, -0.15) is 0 Å².